The third kappa shape index (κ3) is 9.25. The molecule has 0 unspecified atom stereocenters. The van der Waals surface area contributed by atoms with Gasteiger partial charge in [-0.2, -0.15) is 0 Å². The molecule has 0 radical (unpaired) electrons. The van der Waals surface area contributed by atoms with Gasteiger partial charge in [-0.25, -0.2) is 0 Å². The Morgan fingerprint density at radius 1 is 0.681 bits per heavy atom. The molecule has 4 aliphatic heterocycles. The molecule has 4 saturated heterocycles. The highest BCUT2D eigenvalue weighted by Gasteiger charge is 2.81. The van der Waals surface area contributed by atoms with Crippen LogP contribution in [0.25, 0.3) is 0 Å². The molecule has 8 rings (SSSR count). The molecule has 7 fully saturated rings. The Morgan fingerprint density at radius 3 is 1.85 bits per heavy atom. The Bertz CT molecular complexity index is 1960. The molecular weight excluding hydrogens is 953 g/mol. The van der Waals surface area contributed by atoms with Crippen LogP contribution < -0.4 is 0 Å². The number of rotatable bonds is 14. The number of ether oxygens (including phenoxy) is 12. The average Bonchev–Trinajstić information content (AvgIpc) is 3.57. The first kappa shape index (κ1) is 56.3. The minimum Gasteiger partial charge on any atom is -0.462 e. The summed E-state index contributed by atoms with van der Waals surface area (Å²) in [6.07, 6.45) is -15.1. The van der Waals surface area contributed by atoms with Gasteiger partial charge in [0.05, 0.1) is 48.6 Å². The van der Waals surface area contributed by atoms with Gasteiger partial charge in [-0.05, 0) is 85.0 Å². The van der Waals surface area contributed by atoms with Crippen LogP contribution in [0.2, 0.25) is 0 Å². The van der Waals surface area contributed by atoms with Crippen LogP contribution in [0.3, 0.4) is 0 Å². The molecule has 4 aliphatic carbocycles. The predicted molar refractivity (Wildman–Crippen MR) is 245 cm³/mol. The molecule has 22 nitrogen and oxygen atoms in total. The van der Waals surface area contributed by atoms with E-state index in [1.165, 1.54) is 28.1 Å². The number of carbonyl (C=O) groups is 2. The van der Waals surface area contributed by atoms with Crippen molar-refractivity contribution in [1.82, 2.24) is 0 Å². The van der Waals surface area contributed by atoms with Crippen molar-refractivity contribution in [3.8, 4) is 0 Å². The van der Waals surface area contributed by atoms with Gasteiger partial charge in [0.1, 0.15) is 77.8 Å². The molecule has 0 bridgehead atoms. The Morgan fingerprint density at radius 2 is 1.26 bits per heavy atom. The van der Waals surface area contributed by atoms with Crippen molar-refractivity contribution in [2.24, 2.45) is 16.7 Å². The summed E-state index contributed by atoms with van der Waals surface area (Å²) in [6.45, 7) is 10.8. The van der Waals surface area contributed by atoms with E-state index in [0.29, 0.717) is 25.7 Å². The molecule has 4 heterocycles. The summed E-state index contributed by atoms with van der Waals surface area (Å²) >= 11 is 0. The van der Waals surface area contributed by atoms with Gasteiger partial charge in [0, 0.05) is 47.0 Å². The zero-order chi connectivity index (χ0) is 52.6. The van der Waals surface area contributed by atoms with E-state index in [-0.39, 0.29) is 38.2 Å². The number of carbonyl (C=O) groups excluding carboxylic acids is 2. The molecule has 0 aromatic carbocycles. The van der Waals surface area contributed by atoms with Crippen molar-refractivity contribution in [1.29, 1.82) is 0 Å². The van der Waals surface area contributed by atoms with Crippen molar-refractivity contribution < 1.29 is 107 Å². The number of fused-ring (bicyclic) bond motifs is 5. The van der Waals surface area contributed by atoms with Gasteiger partial charge in [-0.1, -0.05) is 18.6 Å². The number of aliphatic hydroxyl groups excluding tert-OH is 5. The second kappa shape index (κ2) is 21.2. The van der Waals surface area contributed by atoms with E-state index < -0.39 is 169 Å². The summed E-state index contributed by atoms with van der Waals surface area (Å²) in [4.78, 5) is 25.6. The lowest BCUT2D eigenvalue weighted by molar-refractivity contribution is -0.373. The summed E-state index contributed by atoms with van der Waals surface area (Å²) < 4.78 is 73.5. The van der Waals surface area contributed by atoms with E-state index in [9.17, 15) is 50.4 Å². The van der Waals surface area contributed by atoms with Crippen LogP contribution in [-0.2, 0) is 66.4 Å². The van der Waals surface area contributed by atoms with Gasteiger partial charge in [0.2, 0.25) is 0 Å². The summed E-state index contributed by atoms with van der Waals surface area (Å²) in [7, 11) is 4.48. The Labute approximate surface area is 420 Å². The molecule has 72 heavy (non-hydrogen) atoms. The van der Waals surface area contributed by atoms with Crippen LogP contribution >= 0.6 is 0 Å². The minimum absolute atomic E-state index is 0.0398. The summed E-state index contributed by atoms with van der Waals surface area (Å²) in [6, 6.07) is 0. The lowest BCUT2D eigenvalue weighted by atomic mass is 9.42. The van der Waals surface area contributed by atoms with E-state index in [0.717, 1.165) is 5.57 Å². The number of aliphatic hydroxyl groups is 8. The molecular formula is C50H80O22. The van der Waals surface area contributed by atoms with Crippen molar-refractivity contribution in [3.63, 3.8) is 0 Å². The lowest BCUT2D eigenvalue weighted by Crippen LogP contribution is -2.78. The van der Waals surface area contributed by atoms with Crippen LogP contribution in [-0.4, -0.2) is 220 Å². The SMILES string of the molecule is CO[C@H]1[C@@H](O)[C@H](O[C@H]2[C@@H](OC)C[C@H](O[C@H]3[C@@H](OC)C[C@H](O[C@H]4CC[C@@]5(C)C(=CC[C@]6(O)[C@@H]5C[C@@H](OC(C)=O)[C@@]5(C)[C@]6(O)CC[C@@]5(O)C(C)=O)C4)O[C@@H]3C)O[C@@H]2C)O[C@H](C)[C@H]1O[C@@H]1O[C@H](CO)[C@@H](O)[C@H](O)[C@H]1O. The quantitative estimate of drug-likeness (QED) is 0.0826. The van der Waals surface area contributed by atoms with Crippen molar-refractivity contribution in [2.75, 3.05) is 27.9 Å². The number of ketones is 1. The Kier molecular flexibility index (Phi) is 16.6. The van der Waals surface area contributed by atoms with Gasteiger partial charge in [0.15, 0.2) is 30.9 Å². The fraction of sp³-hybridized carbons (Fsp3) is 0.920. The zero-order valence-electron chi connectivity index (χ0n) is 43.1. The second-order valence-corrected chi connectivity index (χ2v) is 22.1. The normalized spacial score (nSPS) is 52.6. The maximum Gasteiger partial charge on any atom is 0.302 e. The third-order valence-electron chi connectivity index (χ3n) is 18.4. The van der Waals surface area contributed by atoms with Gasteiger partial charge >= 0.3 is 5.97 Å². The van der Waals surface area contributed by atoms with Crippen LogP contribution in [0.4, 0.5) is 0 Å². The van der Waals surface area contributed by atoms with Gasteiger partial charge in [-0.15, -0.1) is 0 Å². The number of Topliss-reactive ketones (excluding diaryl/α,β-unsaturated/α-hetero) is 1. The highest BCUT2D eigenvalue weighted by molar-refractivity contribution is 5.87. The molecule has 26 atom stereocenters. The molecule has 0 spiro atoms. The van der Waals surface area contributed by atoms with E-state index in [2.05, 4.69) is 6.92 Å². The number of esters is 1. The Hall–Kier alpha value is -1.88. The molecule has 412 valence electrons. The maximum atomic E-state index is 13.0. The first-order valence-corrected chi connectivity index (χ1v) is 25.6. The van der Waals surface area contributed by atoms with Crippen LogP contribution in [0.5, 0.6) is 0 Å². The standard InChI is InChI=1S/C50H80O22/c1-22-40(70-35-19-30(62-9)41(23(2)65-35)71-45-39(57)43(63-10)42(24(3)66-45)72-44-38(56)37(55)36(54)31(21-51)69-44)29(61-8)18-34(64-22)68-28-12-13-46(6)27(17-28)11-14-49(59)32(46)20-33(67-26(5)53)47(7)48(58,25(4)52)15-16-50(47,49)60/h11,22-24,28-45,51,54-60H,12-21H2,1-10H3/t22-,23-,24-,28+,29+,30+,31-,32-,33-,34+,35+,36-,37+,38-,39-,40-,41-,42-,43+,44+,45+,46+,47-,48-,49+,50-/m1/s1. The Balaban J connectivity index is 0.872. The molecule has 22 heteroatoms. The van der Waals surface area contributed by atoms with Gasteiger partial charge in [-0.3, -0.25) is 9.59 Å². The minimum atomic E-state index is -2.01. The van der Waals surface area contributed by atoms with Crippen LogP contribution in [0, 0.1) is 16.7 Å². The van der Waals surface area contributed by atoms with Gasteiger partial charge < -0.3 is 97.7 Å². The highest BCUT2D eigenvalue weighted by atomic mass is 16.8. The number of methoxy groups -OCH3 is 3. The molecule has 3 saturated carbocycles. The molecule has 0 aromatic heterocycles. The second-order valence-electron chi connectivity index (χ2n) is 22.1. The molecule has 8 aliphatic rings. The van der Waals surface area contributed by atoms with E-state index in [1.54, 1.807) is 27.9 Å². The smallest absolute Gasteiger partial charge is 0.302 e. The van der Waals surface area contributed by atoms with Crippen molar-refractivity contribution in [3.05, 3.63) is 11.6 Å². The van der Waals surface area contributed by atoms with Crippen molar-refractivity contribution >= 4 is 11.8 Å². The van der Waals surface area contributed by atoms with Crippen LogP contribution in [0.15, 0.2) is 11.6 Å². The molecule has 8 N–H and O–H groups in total. The van der Waals surface area contributed by atoms with E-state index >= 15 is 0 Å². The van der Waals surface area contributed by atoms with Crippen LogP contribution in [0.1, 0.15) is 106 Å². The van der Waals surface area contributed by atoms with Crippen molar-refractivity contribution in [2.45, 2.75) is 246 Å². The average molecular weight is 1030 g/mol. The molecule has 0 aromatic rings. The maximum absolute atomic E-state index is 13.0. The monoisotopic (exact) mass is 1030 g/mol. The number of hydrogen-bond donors (Lipinski definition) is 8. The topological polar surface area (TPSA) is 307 Å². The van der Waals surface area contributed by atoms with E-state index in [4.69, 9.17) is 56.8 Å². The fourth-order valence-corrected chi connectivity index (χ4v) is 14.1. The number of hydrogen-bond acceptors (Lipinski definition) is 22. The summed E-state index contributed by atoms with van der Waals surface area (Å²) in [5.74, 6) is -1.71. The molecule has 0 amide bonds. The fourth-order valence-electron chi connectivity index (χ4n) is 14.1. The first-order valence-electron chi connectivity index (χ1n) is 25.6. The third-order valence-corrected chi connectivity index (χ3v) is 18.4. The van der Waals surface area contributed by atoms with E-state index in [1.807, 2.05) is 13.0 Å². The summed E-state index contributed by atoms with van der Waals surface area (Å²) in [5.41, 5.74) is -6.88. The largest absolute Gasteiger partial charge is 0.462 e. The summed E-state index contributed by atoms with van der Waals surface area (Å²) in [5, 5.41) is 89.5. The lowest BCUT2D eigenvalue weighted by Gasteiger charge is -2.67. The first-order chi connectivity index (χ1) is 33.9. The predicted octanol–water partition coefficient (Wildman–Crippen LogP) is -0.198. The highest BCUT2D eigenvalue weighted by Crippen LogP contribution is 2.71. The van der Waals surface area contributed by atoms with Gasteiger partial charge in [0.25, 0.3) is 0 Å². The zero-order valence-corrected chi connectivity index (χ0v) is 43.1.